The summed E-state index contributed by atoms with van der Waals surface area (Å²) in [5.74, 6) is 1.26. The van der Waals surface area contributed by atoms with Gasteiger partial charge in [0.2, 0.25) is 0 Å². The Morgan fingerprint density at radius 2 is 2.07 bits per heavy atom. The first-order chi connectivity index (χ1) is 6.38. The van der Waals surface area contributed by atoms with E-state index in [1.807, 2.05) is 10.9 Å². The molecule has 0 amide bonds. The van der Waals surface area contributed by atoms with E-state index in [0.29, 0.717) is 5.92 Å². The minimum atomic E-state index is 0.0167. The molecule has 0 aliphatic rings. The summed E-state index contributed by atoms with van der Waals surface area (Å²) in [6.45, 7) is 10.7. The molecule has 0 aliphatic carbocycles. The van der Waals surface area contributed by atoms with Gasteiger partial charge in [-0.3, -0.25) is 0 Å². The maximum Gasteiger partial charge on any atom is 0.127 e. The van der Waals surface area contributed by atoms with Gasteiger partial charge < -0.3 is 10.3 Å². The Morgan fingerprint density at radius 3 is 2.43 bits per heavy atom. The van der Waals surface area contributed by atoms with Crippen molar-refractivity contribution < 1.29 is 0 Å². The molecule has 0 aliphatic heterocycles. The monoisotopic (exact) mass is 195 g/mol. The van der Waals surface area contributed by atoms with Crippen LogP contribution in [0.2, 0.25) is 0 Å². The smallest absolute Gasteiger partial charge is 0.127 e. The zero-order valence-corrected chi connectivity index (χ0v) is 9.83. The van der Waals surface area contributed by atoms with E-state index >= 15 is 0 Å². The lowest BCUT2D eigenvalue weighted by Gasteiger charge is -2.22. The van der Waals surface area contributed by atoms with Gasteiger partial charge in [0.15, 0.2) is 0 Å². The molecule has 0 spiro atoms. The minimum Gasteiger partial charge on any atom is -0.384 e. The number of rotatable bonds is 2. The van der Waals surface area contributed by atoms with Crippen LogP contribution in [0, 0.1) is 0 Å². The highest BCUT2D eigenvalue weighted by Crippen LogP contribution is 2.27. The van der Waals surface area contributed by atoms with Crippen molar-refractivity contribution >= 4 is 5.82 Å². The number of nitrogens with two attached hydrogens (primary N) is 1. The molecule has 0 bridgehead atoms. The number of imidazole rings is 1. The number of nitrogen functional groups attached to an aromatic ring is 1. The summed E-state index contributed by atoms with van der Waals surface area (Å²) >= 11 is 0. The molecule has 0 fully saturated rings. The van der Waals surface area contributed by atoms with E-state index in [-0.39, 0.29) is 5.54 Å². The summed E-state index contributed by atoms with van der Waals surface area (Å²) in [6.07, 6.45) is 2.92. The van der Waals surface area contributed by atoms with Crippen molar-refractivity contribution in [3.05, 3.63) is 12.0 Å². The highest BCUT2D eigenvalue weighted by Gasteiger charge is 2.20. The third kappa shape index (κ3) is 1.91. The highest BCUT2D eigenvalue weighted by atomic mass is 15.2. The molecule has 0 saturated heterocycles. The van der Waals surface area contributed by atoms with Crippen LogP contribution in [0.4, 0.5) is 5.82 Å². The molecule has 3 nitrogen and oxygen atoms in total. The first kappa shape index (κ1) is 11.1. The fourth-order valence-corrected chi connectivity index (χ4v) is 1.48. The number of hydrogen-bond acceptors (Lipinski definition) is 2. The van der Waals surface area contributed by atoms with E-state index in [1.54, 1.807) is 0 Å². The van der Waals surface area contributed by atoms with Crippen molar-refractivity contribution in [1.82, 2.24) is 9.55 Å². The molecule has 2 N–H and O–H groups in total. The standard InChI is InChI=1S/C11H21N3/c1-6-8(2)9-10(12)14(7-13-9)11(3,4)5/h7-8H,6,12H2,1-5H3. The molecule has 80 valence electrons. The quantitative estimate of drug-likeness (QED) is 0.788. The fourth-order valence-electron chi connectivity index (χ4n) is 1.48. The van der Waals surface area contributed by atoms with Crippen molar-refractivity contribution in [2.45, 2.75) is 52.5 Å². The van der Waals surface area contributed by atoms with Crippen LogP contribution in [0.1, 0.15) is 52.7 Å². The van der Waals surface area contributed by atoms with Crippen LogP contribution in [-0.2, 0) is 5.54 Å². The average Bonchev–Trinajstić information content (AvgIpc) is 2.45. The molecule has 1 unspecified atom stereocenters. The van der Waals surface area contributed by atoms with Crippen LogP contribution in [0.5, 0.6) is 0 Å². The van der Waals surface area contributed by atoms with E-state index in [1.165, 1.54) is 0 Å². The van der Waals surface area contributed by atoms with Gasteiger partial charge >= 0.3 is 0 Å². The second-order valence-electron chi connectivity index (χ2n) is 4.87. The lowest BCUT2D eigenvalue weighted by Crippen LogP contribution is -2.22. The first-order valence-corrected chi connectivity index (χ1v) is 5.21. The summed E-state index contributed by atoms with van der Waals surface area (Å²) in [5.41, 5.74) is 7.11. The molecule has 1 rings (SSSR count). The number of nitrogens with zero attached hydrogens (tertiary/aromatic N) is 2. The number of hydrogen-bond donors (Lipinski definition) is 1. The van der Waals surface area contributed by atoms with Gasteiger partial charge in [-0.1, -0.05) is 13.8 Å². The Labute approximate surface area is 86.3 Å². The first-order valence-electron chi connectivity index (χ1n) is 5.21. The van der Waals surface area contributed by atoms with Crippen LogP contribution in [0.25, 0.3) is 0 Å². The van der Waals surface area contributed by atoms with Gasteiger partial charge in [0.1, 0.15) is 5.82 Å². The van der Waals surface area contributed by atoms with Gasteiger partial charge in [0.05, 0.1) is 12.0 Å². The van der Waals surface area contributed by atoms with Gasteiger partial charge in [-0.2, -0.15) is 0 Å². The van der Waals surface area contributed by atoms with Crippen LogP contribution in [-0.4, -0.2) is 9.55 Å². The molecule has 3 heteroatoms. The van der Waals surface area contributed by atoms with Crippen molar-refractivity contribution in [3.63, 3.8) is 0 Å². The zero-order chi connectivity index (χ0) is 10.9. The predicted molar refractivity (Wildman–Crippen MR) is 60.3 cm³/mol. The van der Waals surface area contributed by atoms with Crippen LogP contribution >= 0.6 is 0 Å². The second kappa shape index (κ2) is 3.64. The van der Waals surface area contributed by atoms with Gasteiger partial charge in [-0.15, -0.1) is 0 Å². The molecule has 14 heavy (non-hydrogen) atoms. The van der Waals surface area contributed by atoms with E-state index in [9.17, 15) is 0 Å². The summed E-state index contributed by atoms with van der Waals surface area (Å²) in [4.78, 5) is 4.39. The molecule has 0 aromatic carbocycles. The Kier molecular flexibility index (Phi) is 2.88. The summed E-state index contributed by atoms with van der Waals surface area (Å²) in [6, 6.07) is 0. The molecule has 1 aromatic heterocycles. The fraction of sp³-hybridized carbons (Fsp3) is 0.727. The lowest BCUT2D eigenvalue weighted by molar-refractivity contribution is 0.401. The van der Waals surface area contributed by atoms with Crippen LogP contribution in [0.3, 0.4) is 0 Å². The predicted octanol–water partition coefficient (Wildman–Crippen LogP) is 2.73. The molecule has 0 saturated carbocycles. The van der Waals surface area contributed by atoms with Crippen molar-refractivity contribution in [1.29, 1.82) is 0 Å². The third-order valence-corrected chi connectivity index (χ3v) is 2.64. The highest BCUT2D eigenvalue weighted by molar-refractivity contribution is 5.39. The van der Waals surface area contributed by atoms with Crippen molar-refractivity contribution in [2.24, 2.45) is 0 Å². The molecule has 0 radical (unpaired) electrons. The Bertz CT molecular complexity index is 307. The van der Waals surface area contributed by atoms with Gasteiger partial charge in [0.25, 0.3) is 0 Å². The second-order valence-corrected chi connectivity index (χ2v) is 4.87. The summed E-state index contributed by atoms with van der Waals surface area (Å²) in [7, 11) is 0. The zero-order valence-electron chi connectivity index (χ0n) is 9.83. The average molecular weight is 195 g/mol. The van der Waals surface area contributed by atoms with Crippen LogP contribution < -0.4 is 5.73 Å². The lowest BCUT2D eigenvalue weighted by atomic mass is 10.0. The van der Waals surface area contributed by atoms with Crippen molar-refractivity contribution in [3.8, 4) is 0 Å². The molecular formula is C11H21N3. The molecule has 1 aromatic rings. The van der Waals surface area contributed by atoms with E-state index in [2.05, 4.69) is 39.6 Å². The maximum atomic E-state index is 6.07. The molecular weight excluding hydrogens is 174 g/mol. The van der Waals surface area contributed by atoms with Crippen molar-refractivity contribution in [2.75, 3.05) is 5.73 Å². The third-order valence-electron chi connectivity index (χ3n) is 2.64. The van der Waals surface area contributed by atoms with Gasteiger partial charge in [-0.05, 0) is 27.2 Å². The minimum absolute atomic E-state index is 0.0167. The molecule has 1 heterocycles. The Morgan fingerprint density at radius 1 is 1.50 bits per heavy atom. The van der Waals surface area contributed by atoms with Crippen LogP contribution in [0.15, 0.2) is 6.33 Å². The summed E-state index contributed by atoms with van der Waals surface area (Å²) in [5, 5.41) is 0. The SMILES string of the molecule is CCC(C)c1ncn(C(C)(C)C)c1N. The largest absolute Gasteiger partial charge is 0.384 e. The normalized spacial score (nSPS) is 14.4. The van der Waals surface area contributed by atoms with Gasteiger partial charge in [-0.25, -0.2) is 4.98 Å². The topological polar surface area (TPSA) is 43.8 Å². The van der Waals surface area contributed by atoms with E-state index in [4.69, 9.17) is 5.73 Å². The Hall–Kier alpha value is -0.990. The van der Waals surface area contributed by atoms with Gasteiger partial charge in [0, 0.05) is 11.5 Å². The summed E-state index contributed by atoms with van der Waals surface area (Å²) < 4.78 is 2.04. The Balaban J connectivity index is 3.09. The van der Waals surface area contributed by atoms with E-state index < -0.39 is 0 Å². The number of aromatic nitrogens is 2. The molecule has 1 atom stereocenters. The number of anilines is 1. The van der Waals surface area contributed by atoms with E-state index in [0.717, 1.165) is 17.9 Å². The maximum absolute atomic E-state index is 6.07.